The first-order valence-electron chi connectivity index (χ1n) is 4.52. The number of aromatic nitrogens is 1. The van der Waals surface area contributed by atoms with Crippen LogP contribution in [0.1, 0.15) is 17.3 Å². The van der Waals surface area contributed by atoms with Crippen molar-refractivity contribution < 1.29 is 4.79 Å². The van der Waals surface area contributed by atoms with E-state index in [1.54, 1.807) is 6.92 Å². The van der Waals surface area contributed by atoms with E-state index in [1.165, 1.54) is 0 Å². The molecule has 0 amide bonds. The molecule has 0 N–H and O–H groups in total. The molecular formula is C12H11NO. The van der Waals surface area contributed by atoms with Gasteiger partial charge in [-0.1, -0.05) is 12.1 Å². The SMILES string of the molecule is CC(=O)c1ccccc1-n1cccc1. The van der Waals surface area contributed by atoms with Crippen LogP contribution in [0.5, 0.6) is 0 Å². The van der Waals surface area contributed by atoms with Gasteiger partial charge in [0.2, 0.25) is 0 Å². The molecule has 14 heavy (non-hydrogen) atoms. The van der Waals surface area contributed by atoms with Gasteiger partial charge < -0.3 is 4.57 Å². The molecular weight excluding hydrogens is 174 g/mol. The second-order valence-corrected chi connectivity index (χ2v) is 3.16. The Hall–Kier alpha value is -1.83. The van der Waals surface area contributed by atoms with E-state index in [4.69, 9.17) is 0 Å². The molecule has 1 aromatic heterocycles. The molecule has 70 valence electrons. The quantitative estimate of drug-likeness (QED) is 0.659. The van der Waals surface area contributed by atoms with E-state index in [1.807, 2.05) is 53.4 Å². The molecule has 0 radical (unpaired) electrons. The van der Waals surface area contributed by atoms with Crippen molar-refractivity contribution in [3.8, 4) is 5.69 Å². The summed E-state index contributed by atoms with van der Waals surface area (Å²) in [5.74, 6) is 0.0919. The summed E-state index contributed by atoms with van der Waals surface area (Å²) >= 11 is 0. The van der Waals surface area contributed by atoms with Gasteiger partial charge in [-0.15, -0.1) is 0 Å². The molecule has 0 bridgehead atoms. The van der Waals surface area contributed by atoms with Crippen LogP contribution in [-0.2, 0) is 0 Å². The van der Waals surface area contributed by atoms with Crippen LogP contribution in [0.15, 0.2) is 48.8 Å². The molecule has 2 aromatic rings. The van der Waals surface area contributed by atoms with Crippen molar-refractivity contribution in [2.75, 3.05) is 0 Å². The molecule has 0 saturated carbocycles. The van der Waals surface area contributed by atoms with Crippen molar-refractivity contribution in [2.45, 2.75) is 6.92 Å². The average molecular weight is 185 g/mol. The minimum atomic E-state index is 0.0919. The Morgan fingerprint density at radius 2 is 1.71 bits per heavy atom. The van der Waals surface area contributed by atoms with Crippen molar-refractivity contribution in [3.63, 3.8) is 0 Å². The molecule has 0 saturated heterocycles. The van der Waals surface area contributed by atoms with Crippen molar-refractivity contribution in [1.29, 1.82) is 0 Å². The van der Waals surface area contributed by atoms with Crippen LogP contribution in [-0.4, -0.2) is 10.4 Å². The molecule has 0 spiro atoms. The lowest BCUT2D eigenvalue weighted by atomic mass is 10.1. The van der Waals surface area contributed by atoms with E-state index in [0.717, 1.165) is 11.3 Å². The highest BCUT2D eigenvalue weighted by molar-refractivity contribution is 5.97. The number of hydrogen-bond acceptors (Lipinski definition) is 1. The fourth-order valence-electron chi connectivity index (χ4n) is 1.49. The van der Waals surface area contributed by atoms with Crippen molar-refractivity contribution in [3.05, 3.63) is 54.4 Å². The standard InChI is InChI=1S/C12H11NO/c1-10(14)11-6-2-3-7-12(11)13-8-4-5-9-13/h2-9H,1H3. The molecule has 0 unspecified atom stereocenters. The zero-order valence-electron chi connectivity index (χ0n) is 7.97. The normalized spacial score (nSPS) is 10.1. The first kappa shape index (κ1) is 8.75. The lowest BCUT2D eigenvalue weighted by Crippen LogP contribution is -2.00. The van der Waals surface area contributed by atoms with Crippen LogP contribution in [0.3, 0.4) is 0 Å². The third-order valence-electron chi connectivity index (χ3n) is 2.17. The largest absolute Gasteiger partial charge is 0.323 e. The van der Waals surface area contributed by atoms with Gasteiger partial charge in [0.1, 0.15) is 0 Å². The third kappa shape index (κ3) is 1.46. The maximum atomic E-state index is 11.3. The van der Waals surface area contributed by atoms with Crippen LogP contribution in [0.25, 0.3) is 5.69 Å². The Morgan fingerprint density at radius 3 is 2.36 bits per heavy atom. The summed E-state index contributed by atoms with van der Waals surface area (Å²) in [6, 6.07) is 11.5. The van der Waals surface area contributed by atoms with Gasteiger partial charge in [0.25, 0.3) is 0 Å². The smallest absolute Gasteiger partial charge is 0.161 e. The van der Waals surface area contributed by atoms with Crippen LogP contribution in [0, 0.1) is 0 Å². The fraction of sp³-hybridized carbons (Fsp3) is 0.0833. The van der Waals surface area contributed by atoms with E-state index >= 15 is 0 Å². The van der Waals surface area contributed by atoms with Gasteiger partial charge >= 0.3 is 0 Å². The van der Waals surface area contributed by atoms with E-state index < -0.39 is 0 Å². The Morgan fingerprint density at radius 1 is 1.07 bits per heavy atom. The number of hydrogen-bond donors (Lipinski definition) is 0. The van der Waals surface area contributed by atoms with Gasteiger partial charge in [0.15, 0.2) is 5.78 Å². The summed E-state index contributed by atoms with van der Waals surface area (Å²) in [6.07, 6.45) is 3.86. The summed E-state index contributed by atoms with van der Waals surface area (Å²) in [7, 11) is 0. The highest BCUT2D eigenvalue weighted by Gasteiger charge is 2.06. The summed E-state index contributed by atoms with van der Waals surface area (Å²) in [6.45, 7) is 1.59. The Balaban J connectivity index is 2.58. The zero-order valence-corrected chi connectivity index (χ0v) is 7.97. The summed E-state index contributed by atoms with van der Waals surface area (Å²) in [5.41, 5.74) is 1.69. The topological polar surface area (TPSA) is 22.0 Å². The van der Waals surface area contributed by atoms with Gasteiger partial charge in [0.05, 0.1) is 5.69 Å². The van der Waals surface area contributed by atoms with E-state index in [2.05, 4.69) is 0 Å². The highest BCUT2D eigenvalue weighted by atomic mass is 16.1. The number of rotatable bonds is 2. The number of Topliss-reactive ketones (excluding diaryl/α,β-unsaturated/α-hetero) is 1. The average Bonchev–Trinajstić information content (AvgIpc) is 2.70. The number of para-hydroxylation sites is 1. The monoisotopic (exact) mass is 185 g/mol. The van der Waals surface area contributed by atoms with Gasteiger partial charge in [-0.3, -0.25) is 4.79 Å². The number of nitrogens with zero attached hydrogens (tertiary/aromatic N) is 1. The van der Waals surface area contributed by atoms with Crippen LogP contribution in [0.4, 0.5) is 0 Å². The van der Waals surface area contributed by atoms with Crippen molar-refractivity contribution >= 4 is 5.78 Å². The van der Waals surface area contributed by atoms with Gasteiger partial charge in [-0.05, 0) is 31.2 Å². The molecule has 1 aromatic carbocycles. The maximum absolute atomic E-state index is 11.3. The first-order valence-corrected chi connectivity index (χ1v) is 4.52. The molecule has 0 aliphatic carbocycles. The predicted octanol–water partition coefficient (Wildman–Crippen LogP) is 2.68. The van der Waals surface area contributed by atoms with Crippen LogP contribution < -0.4 is 0 Å². The van der Waals surface area contributed by atoms with E-state index in [-0.39, 0.29) is 5.78 Å². The predicted molar refractivity (Wildman–Crippen MR) is 55.8 cm³/mol. The van der Waals surface area contributed by atoms with E-state index in [0.29, 0.717) is 0 Å². The minimum absolute atomic E-state index is 0.0919. The lowest BCUT2D eigenvalue weighted by Gasteiger charge is -2.07. The molecule has 0 aliphatic heterocycles. The van der Waals surface area contributed by atoms with Crippen molar-refractivity contribution in [2.24, 2.45) is 0 Å². The van der Waals surface area contributed by atoms with Crippen molar-refractivity contribution in [1.82, 2.24) is 4.57 Å². The second kappa shape index (κ2) is 3.50. The summed E-state index contributed by atoms with van der Waals surface area (Å²) < 4.78 is 1.94. The van der Waals surface area contributed by atoms with Gasteiger partial charge in [-0.25, -0.2) is 0 Å². The number of carbonyl (C=O) groups is 1. The van der Waals surface area contributed by atoms with Crippen LogP contribution >= 0.6 is 0 Å². The molecule has 2 nitrogen and oxygen atoms in total. The fourth-order valence-corrected chi connectivity index (χ4v) is 1.49. The molecule has 2 heteroatoms. The molecule has 0 aliphatic rings. The zero-order chi connectivity index (χ0) is 9.97. The Kier molecular flexibility index (Phi) is 2.19. The minimum Gasteiger partial charge on any atom is -0.323 e. The third-order valence-corrected chi connectivity index (χ3v) is 2.17. The first-order chi connectivity index (χ1) is 6.79. The van der Waals surface area contributed by atoms with Gasteiger partial charge in [-0.2, -0.15) is 0 Å². The molecule has 1 heterocycles. The highest BCUT2D eigenvalue weighted by Crippen LogP contribution is 2.14. The molecule has 0 fully saturated rings. The van der Waals surface area contributed by atoms with Gasteiger partial charge in [0, 0.05) is 18.0 Å². The molecule has 0 atom stereocenters. The lowest BCUT2D eigenvalue weighted by molar-refractivity contribution is 0.101. The summed E-state index contributed by atoms with van der Waals surface area (Å²) in [5, 5.41) is 0. The molecule has 2 rings (SSSR count). The van der Waals surface area contributed by atoms with Crippen LogP contribution in [0.2, 0.25) is 0 Å². The summed E-state index contributed by atoms with van der Waals surface area (Å²) in [4.78, 5) is 11.3. The number of benzene rings is 1. The Labute approximate surface area is 82.8 Å². The number of ketones is 1. The number of carbonyl (C=O) groups excluding carboxylic acids is 1. The Bertz CT molecular complexity index is 443. The van der Waals surface area contributed by atoms with E-state index in [9.17, 15) is 4.79 Å². The maximum Gasteiger partial charge on any atom is 0.161 e. The second-order valence-electron chi connectivity index (χ2n) is 3.16.